The number of fused-ring (bicyclic) bond motifs is 1. The van der Waals surface area contributed by atoms with E-state index in [1.807, 2.05) is 52.2 Å². The second-order valence-corrected chi connectivity index (χ2v) is 13.6. The van der Waals surface area contributed by atoms with Crippen LogP contribution in [-0.4, -0.2) is 54.9 Å². The van der Waals surface area contributed by atoms with Crippen molar-refractivity contribution in [3.8, 4) is 17.0 Å². The predicted octanol–water partition coefficient (Wildman–Crippen LogP) is 7.69. The molecule has 238 valence electrons. The molecule has 1 aliphatic heterocycles. The fourth-order valence-corrected chi connectivity index (χ4v) is 8.00. The van der Waals surface area contributed by atoms with Crippen LogP contribution in [-0.2, 0) is 23.2 Å². The third-order valence-electron chi connectivity index (χ3n) is 9.28. The Balaban J connectivity index is 1.28. The van der Waals surface area contributed by atoms with E-state index in [0.29, 0.717) is 30.6 Å². The van der Waals surface area contributed by atoms with Crippen molar-refractivity contribution >= 4 is 44.8 Å². The number of morpholine rings is 1. The van der Waals surface area contributed by atoms with Gasteiger partial charge < -0.3 is 28.9 Å². The minimum atomic E-state index is -0.866. The number of ether oxygens (including phenoxy) is 2. The Bertz CT molecular complexity index is 1680. The minimum absolute atomic E-state index is 0.0731. The molecule has 3 heterocycles. The van der Waals surface area contributed by atoms with E-state index in [1.54, 1.807) is 4.90 Å². The summed E-state index contributed by atoms with van der Waals surface area (Å²) in [4.78, 5) is 29.0. The monoisotopic (exact) mass is 629 g/mol. The van der Waals surface area contributed by atoms with Crippen molar-refractivity contribution in [1.29, 1.82) is 0 Å². The van der Waals surface area contributed by atoms with Gasteiger partial charge in [0.2, 0.25) is 5.91 Å². The van der Waals surface area contributed by atoms with Gasteiger partial charge in [-0.3, -0.25) is 4.79 Å². The molecular weight excluding hydrogens is 586 g/mol. The average Bonchev–Trinajstić information content (AvgIpc) is 3.62. The summed E-state index contributed by atoms with van der Waals surface area (Å²) in [5.74, 6) is 0.315. The van der Waals surface area contributed by atoms with Gasteiger partial charge in [-0.25, -0.2) is 4.79 Å². The number of rotatable bonds is 9. The van der Waals surface area contributed by atoms with Gasteiger partial charge in [0.15, 0.2) is 0 Å². The second-order valence-electron chi connectivity index (χ2n) is 12.6. The average molecular weight is 630 g/mol. The van der Waals surface area contributed by atoms with Crippen molar-refractivity contribution in [2.75, 3.05) is 43.2 Å². The van der Waals surface area contributed by atoms with Crippen LogP contribution in [0.1, 0.15) is 72.7 Å². The van der Waals surface area contributed by atoms with E-state index < -0.39 is 5.97 Å². The van der Waals surface area contributed by atoms with Crippen LogP contribution in [0, 0.1) is 5.92 Å². The molecule has 1 amide bonds. The SMILES string of the molecule is CC(C)C(=O)N(C)c1ccc(N2CCOCC2)c(COc2ccc(-c3c(C4CCCCC4)c4sc(C(=O)O)cc4n3C)cc2)c1. The fourth-order valence-electron chi connectivity index (χ4n) is 6.85. The molecule has 1 aliphatic carbocycles. The van der Waals surface area contributed by atoms with E-state index in [4.69, 9.17) is 9.47 Å². The highest BCUT2D eigenvalue weighted by Crippen LogP contribution is 2.46. The first-order valence-electron chi connectivity index (χ1n) is 16.0. The first kappa shape index (κ1) is 31.2. The smallest absolute Gasteiger partial charge is 0.345 e. The summed E-state index contributed by atoms with van der Waals surface area (Å²) in [6.45, 7) is 7.20. The number of nitrogens with zero attached hydrogens (tertiary/aromatic N) is 3. The van der Waals surface area contributed by atoms with Crippen LogP contribution < -0.4 is 14.5 Å². The summed E-state index contributed by atoms with van der Waals surface area (Å²) in [5, 5.41) is 9.69. The number of benzene rings is 2. The van der Waals surface area contributed by atoms with Crippen LogP contribution >= 0.6 is 11.3 Å². The fraction of sp³-hybridized carbons (Fsp3) is 0.444. The van der Waals surface area contributed by atoms with Crippen LogP contribution in [0.4, 0.5) is 11.4 Å². The summed E-state index contributed by atoms with van der Waals surface area (Å²) >= 11 is 1.40. The van der Waals surface area contributed by atoms with Gasteiger partial charge in [-0.2, -0.15) is 0 Å². The molecule has 4 aromatic rings. The second kappa shape index (κ2) is 13.3. The van der Waals surface area contributed by atoms with Crippen LogP contribution in [0.5, 0.6) is 5.75 Å². The molecule has 0 spiro atoms. The Morgan fingerprint density at radius 2 is 1.76 bits per heavy atom. The molecule has 6 rings (SSSR count). The number of hydrogen-bond donors (Lipinski definition) is 1. The van der Waals surface area contributed by atoms with Crippen molar-refractivity contribution in [3.05, 3.63) is 64.5 Å². The van der Waals surface area contributed by atoms with E-state index in [-0.39, 0.29) is 11.8 Å². The molecule has 2 fully saturated rings. The molecule has 1 saturated heterocycles. The number of carboxylic acids is 1. The maximum Gasteiger partial charge on any atom is 0.345 e. The number of carbonyl (C=O) groups excluding carboxylic acids is 1. The quantitative estimate of drug-likeness (QED) is 0.204. The number of aryl methyl sites for hydroxylation is 1. The number of thiophene rings is 1. The summed E-state index contributed by atoms with van der Waals surface area (Å²) in [5.41, 5.74) is 7.55. The Morgan fingerprint density at radius 3 is 2.42 bits per heavy atom. The standard InChI is InChI=1S/C36H43N3O5S/c1-23(2)35(40)37(3)27-12-15-29(39-16-18-43-19-17-39)26(20-27)22-44-28-13-10-25(11-14-28)33-32(24-8-6-5-7-9-24)34-30(38(33)4)21-31(45-34)36(41)42/h10-15,20-21,23-24H,5-9,16-19,22H2,1-4H3,(H,41,42). The third kappa shape index (κ3) is 6.33. The zero-order valence-corrected chi connectivity index (χ0v) is 27.5. The molecule has 9 heteroatoms. The summed E-state index contributed by atoms with van der Waals surface area (Å²) < 4.78 is 15.3. The lowest BCUT2D eigenvalue weighted by atomic mass is 9.83. The van der Waals surface area contributed by atoms with Crippen molar-refractivity contribution in [2.24, 2.45) is 13.0 Å². The molecular formula is C36H43N3O5S. The van der Waals surface area contributed by atoms with Gasteiger partial charge in [-0.1, -0.05) is 33.1 Å². The van der Waals surface area contributed by atoms with E-state index in [0.717, 1.165) is 64.4 Å². The van der Waals surface area contributed by atoms with Gasteiger partial charge in [-0.05, 0) is 78.4 Å². The van der Waals surface area contributed by atoms with Gasteiger partial charge in [0.1, 0.15) is 17.2 Å². The molecule has 45 heavy (non-hydrogen) atoms. The van der Waals surface area contributed by atoms with Crippen molar-refractivity contribution in [1.82, 2.24) is 4.57 Å². The zero-order chi connectivity index (χ0) is 31.7. The molecule has 0 bridgehead atoms. The van der Waals surface area contributed by atoms with Crippen molar-refractivity contribution in [3.63, 3.8) is 0 Å². The zero-order valence-electron chi connectivity index (χ0n) is 26.7. The van der Waals surface area contributed by atoms with Crippen molar-refractivity contribution in [2.45, 2.75) is 58.5 Å². The van der Waals surface area contributed by atoms with E-state index in [9.17, 15) is 14.7 Å². The molecule has 0 unspecified atom stereocenters. The maximum atomic E-state index is 12.7. The Hall–Kier alpha value is -3.82. The lowest BCUT2D eigenvalue weighted by Crippen LogP contribution is -2.37. The minimum Gasteiger partial charge on any atom is -0.489 e. The molecule has 2 aliphatic rings. The molecule has 0 radical (unpaired) electrons. The van der Waals surface area contributed by atoms with Gasteiger partial charge in [0.05, 0.1) is 29.1 Å². The lowest BCUT2D eigenvalue weighted by molar-refractivity contribution is -0.121. The predicted molar refractivity (Wildman–Crippen MR) is 181 cm³/mol. The number of carbonyl (C=O) groups is 2. The highest BCUT2D eigenvalue weighted by Gasteiger charge is 2.28. The van der Waals surface area contributed by atoms with E-state index in [1.165, 1.54) is 41.9 Å². The Morgan fingerprint density at radius 1 is 1.04 bits per heavy atom. The first-order valence-corrected chi connectivity index (χ1v) is 16.9. The Kier molecular flexibility index (Phi) is 9.19. The highest BCUT2D eigenvalue weighted by atomic mass is 32.1. The topological polar surface area (TPSA) is 84.2 Å². The van der Waals surface area contributed by atoms with E-state index >= 15 is 0 Å². The Labute approximate surface area is 269 Å². The van der Waals surface area contributed by atoms with E-state index in [2.05, 4.69) is 33.7 Å². The molecule has 8 nitrogen and oxygen atoms in total. The maximum absolute atomic E-state index is 12.7. The van der Waals surface area contributed by atoms with Crippen molar-refractivity contribution < 1.29 is 24.2 Å². The first-order chi connectivity index (χ1) is 21.7. The summed E-state index contributed by atoms with van der Waals surface area (Å²) in [6, 6.07) is 16.3. The molecule has 2 aromatic heterocycles. The summed E-state index contributed by atoms with van der Waals surface area (Å²) in [6.07, 6.45) is 5.95. The number of amides is 1. The van der Waals surface area contributed by atoms with Gasteiger partial charge in [0.25, 0.3) is 0 Å². The summed E-state index contributed by atoms with van der Waals surface area (Å²) in [7, 11) is 3.88. The largest absolute Gasteiger partial charge is 0.489 e. The van der Waals surface area contributed by atoms with Crippen LogP contribution in [0.2, 0.25) is 0 Å². The number of carboxylic acid groups (broad SMARTS) is 1. The molecule has 2 aromatic carbocycles. The normalized spacial score (nSPS) is 16.0. The highest BCUT2D eigenvalue weighted by molar-refractivity contribution is 7.21. The molecule has 1 saturated carbocycles. The lowest BCUT2D eigenvalue weighted by Gasteiger charge is -2.31. The van der Waals surface area contributed by atoms with Crippen LogP contribution in [0.25, 0.3) is 21.5 Å². The van der Waals surface area contributed by atoms with Gasteiger partial charge >= 0.3 is 5.97 Å². The van der Waals surface area contributed by atoms with Crippen LogP contribution in [0.15, 0.2) is 48.5 Å². The number of hydrogen-bond acceptors (Lipinski definition) is 6. The third-order valence-corrected chi connectivity index (χ3v) is 10.4. The molecule has 0 atom stereocenters. The van der Waals surface area contributed by atoms with Crippen LogP contribution in [0.3, 0.4) is 0 Å². The number of aromatic carboxylic acids is 1. The van der Waals surface area contributed by atoms with Gasteiger partial charge in [-0.15, -0.1) is 11.3 Å². The number of aromatic nitrogens is 1. The molecule has 1 N–H and O–H groups in total. The van der Waals surface area contributed by atoms with Gasteiger partial charge in [0, 0.05) is 50.0 Å². The number of anilines is 2.